The van der Waals surface area contributed by atoms with Crippen LogP contribution >= 0.6 is 0 Å². The number of amides is 1. The van der Waals surface area contributed by atoms with Crippen molar-refractivity contribution in [3.63, 3.8) is 0 Å². The summed E-state index contributed by atoms with van der Waals surface area (Å²) in [4.78, 5) is 12.7. The zero-order chi connectivity index (χ0) is 18.9. The van der Waals surface area contributed by atoms with E-state index in [1.54, 1.807) is 10.7 Å². The van der Waals surface area contributed by atoms with Crippen molar-refractivity contribution in [1.82, 2.24) is 9.78 Å². The fourth-order valence-corrected chi connectivity index (χ4v) is 3.32. The topological polar surface area (TPSA) is 81.1 Å². The molecule has 7 heteroatoms. The summed E-state index contributed by atoms with van der Waals surface area (Å²) in [6.45, 7) is 3.86. The SMILES string of the molecule is Cc1cc(C)n(-c2ccccc2NC(=O)c2ccc(S(C)(=O)=O)cc2)n1. The largest absolute Gasteiger partial charge is 0.320 e. The molecule has 6 nitrogen and oxygen atoms in total. The number of anilines is 1. The van der Waals surface area contributed by atoms with E-state index >= 15 is 0 Å². The second-order valence-electron chi connectivity index (χ2n) is 6.11. The van der Waals surface area contributed by atoms with Gasteiger partial charge in [-0.2, -0.15) is 5.10 Å². The Labute approximate surface area is 152 Å². The normalized spacial score (nSPS) is 11.3. The summed E-state index contributed by atoms with van der Waals surface area (Å²) < 4.78 is 24.8. The molecule has 0 spiro atoms. The van der Waals surface area contributed by atoms with Crippen LogP contribution in [0, 0.1) is 13.8 Å². The lowest BCUT2D eigenvalue weighted by Gasteiger charge is -2.12. The molecule has 0 saturated carbocycles. The van der Waals surface area contributed by atoms with Crippen LogP contribution in [-0.2, 0) is 9.84 Å². The van der Waals surface area contributed by atoms with Gasteiger partial charge in [-0.15, -0.1) is 0 Å². The Bertz CT molecular complexity index is 1070. The third-order valence-electron chi connectivity index (χ3n) is 3.93. The van der Waals surface area contributed by atoms with Crippen molar-refractivity contribution in [2.75, 3.05) is 11.6 Å². The Morgan fingerprint density at radius 3 is 2.27 bits per heavy atom. The molecule has 0 radical (unpaired) electrons. The molecule has 0 saturated heterocycles. The second kappa shape index (κ2) is 6.76. The predicted molar refractivity (Wildman–Crippen MR) is 101 cm³/mol. The molecule has 0 fully saturated rings. The number of benzene rings is 2. The Morgan fingerprint density at radius 1 is 1.04 bits per heavy atom. The number of nitrogens with one attached hydrogen (secondary N) is 1. The van der Waals surface area contributed by atoms with E-state index < -0.39 is 9.84 Å². The van der Waals surface area contributed by atoms with Crippen molar-refractivity contribution in [3.05, 3.63) is 71.5 Å². The van der Waals surface area contributed by atoms with Crippen molar-refractivity contribution < 1.29 is 13.2 Å². The molecule has 0 aliphatic rings. The van der Waals surface area contributed by atoms with Crippen LogP contribution in [0.4, 0.5) is 5.69 Å². The smallest absolute Gasteiger partial charge is 0.255 e. The maximum atomic E-state index is 12.6. The summed E-state index contributed by atoms with van der Waals surface area (Å²) in [6.07, 6.45) is 1.13. The van der Waals surface area contributed by atoms with Gasteiger partial charge in [0.2, 0.25) is 0 Å². The highest BCUT2D eigenvalue weighted by Crippen LogP contribution is 2.22. The number of aromatic nitrogens is 2. The molecule has 0 atom stereocenters. The molecule has 3 rings (SSSR count). The molecule has 3 aromatic rings. The van der Waals surface area contributed by atoms with Crippen LogP contribution in [0.3, 0.4) is 0 Å². The van der Waals surface area contributed by atoms with Crippen LogP contribution in [-0.4, -0.2) is 30.4 Å². The first-order chi connectivity index (χ1) is 12.3. The molecule has 0 aliphatic heterocycles. The van der Waals surface area contributed by atoms with Gasteiger partial charge in [0.1, 0.15) is 0 Å². The highest BCUT2D eigenvalue weighted by molar-refractivity contribution is 7.90. The monoisotopic (exact) mass is 369 g/mol. The lowest BCUT2D eigenvalue weighted by Crippen LogP contribution is -2.14. The number of carbonyl (C=O) groups excluding carboxylic acids is 1. The molecule has 0 bridgehead atoms. The summed E-state index contributed by atoms with van der Waals surface area (Å²) >= 11 is 0. The van der Waals surface area contributed by atoms with Gasteiger partial charge in [0, 0.05) is 17.5 Å². The maximum absolute atomic E-state index is 12.6. The average Bonchev–Trinajstić information content (AvgIpc) is 2.93. The summed E-state index contributed by atoms with van der Waals surface area (Å²) in [5, 5.41) is 7.33. The van der Waals surface area contributed by atoms with Gasteiger partial charge in [-0.25, -0.2) is 13.1 Å². The molecule has 1 aromatic heterocycles. The Balaban J connectivity index is 1.90. The number of aryl methyl sites for hydroxylation is 2. The number of hydrogen-bond acceptors (Lipinski definition) is 4. The van der Waals surface area contributed by atoms with Crippen LogP contribution < -0.4 is 5.32 Å². The summed E-state index contributed by atoms with van der Waals surface area (Å²) in [5.41, 5.74) is 3.61. The highest BCUT2D eigenvalue weighted by Gasteiger charge is 2.13. The van der Waals surface area contributed by atoms with Crippen LogP contribution in [0.1, 0.15) is 21.7 Å². The van der Waals surface area contributed by atoms with Crippen LogP contribution in [0.2, 0.25) is 0 Å². The van der Waals surface area contributed by atoms with E-state index in [0.717, 1.165) is 23.3 Å². The molecule has 0 unspecified atom stereocenters. The quantitative estimate of drug-likeness (QED) is 0.766. The van der Waals surface area contributed by atoms with Gasteiger partial charge in [0.05, 0.1) is 22.0 Å². The third-order valence-corrected chi connectivity index (χ3v) is 5.06. The molecule has 26 heavy (non-hydrogen) atoms. The Morgan fingerprint density at radius 2 is 1.69 bits per heavy atom. The van der Waals surface area contributed by atoms with Gasteiger partial charge in [-0.3, -0.25) is 4.79 Å². The maximum Gasteiger partial charge on any atom is 0.255 e. The van der Waals surface area contributed by atoms with Gasteiger partial charge in [-0.05, 0) is 56.3 Å². The van der Waals surface area contributed by atoms with Gasteiger partial charge < -0.3 is 5.32 Å². The molecule has 1 N–H and O–H groups in total. The summed E-state index contributed by atoms with van der Waals surface area (Å²) in [5.74, 6) is -0.320. The van der Waals surface area contributed by atoms with Crippen molar-refractivity contribution in [1.29, 1.82) is 0 Å². The van der Waals surface area contributed by atoms with E-state index in [4.69, 9.17) is 0 Å². The van der Waals surface area contributed by atoms with Crippen LogP contribution in [0.5, 0.6) is 0 Å². The summed E-state index contributed by atoms with van der Waals surface area (Å²) in [6, 6.07) is 15.2. The van der Waals surface area contributed by atoms with E-state index in [0.29, 0.717) is 11.3 Å². The van der Waals surface area contributed by atoms with E-state index in [9.17, 15) is 13.2 Å². The highest BCUT2D eigenvalue weighted by atomic mass is 32.2. The van der Waals surface area contributed by atoms with Gasteiger partial charge in [0.15, 0.2) is 9.84 Å². The number of carbonyl (C=O) groups is 1. The minimum atomic E-state index is -3.29. The first-order valence-electron chi connectivity index (χ1n) is 8.00. The van der Waals surface area contributed by atoms with Crippen LogP contribution in [0.25, 0.3) is 5.69 Å². The molecular formula is C19H19N3O3S. The standard InChI is InChI=1S/C19H19N3O3S/c1-13-12-14(2)22(21-13)18-7-5-4-6-17(18)20-19(23)15-8-10-16(11-9-15)26(3,24)25/h4-12H,1-3H3,(H,20,23). The lowest BCUT2D eigenvalue weighted by atomic mass is 10.2. The zero-order valence-electron chi connectivity index (χ0n) is 14.7. The fraction of sp³-hybridized carbons (Fsp3) is 0.158. The lowest BCUT2D eigenvalue weighted by molar-refractivity contribution is 0.102. The summed E-state index contributed by atoms with van der Waals surface area (Å²) in [7, 11) is -3.29. The average molecular weight is 369 g/mol. The molecule has 2 aromatic carbocycles. The van der Waals surface area contributed by atoms with E-state index in [1.165, 1.54) is 24.3 Å². The van der Waals surface area contributed by atoms with Crippen molar-refractivity contribution in [2.24, 2.45) is 0 Å². The fourth-order valence-electron chi connectivity index (χ4n) is 2.68. The van der Waals surface area contributed by atoms with Gasteiger partial charge >= 0.3 is 0 Å². The number of rotatable bonds is 4. The van der Waals surface area contributed by atoms with E-state index in [1.807, 2.05) is 38.1 Å². The Hall–Kier alpha value is -2.93. The molecule has 1 heterocycles. The minimum Gasteiger partial charge on any atom is -0.320 e. The Kier molecular flexibility index (Phi) is 4.65. The zero-order valence-corrected chi connectivity index (χ0v) is 15.5. The molecule has 1 amide bonds. The van der Waals surface area contributed by atoms with Gasteiger partial charge in [-0.1, -0.05) is 12.1 Å². The van der Waals surface area contributed by atoms with Crippen molar-refractivity contribution in [3.8, 4) is 5.69 Å². The predicted octanol–water partition coefficient (Wildman–Crippen LogP) is 3.14. The second-order valence-corrected chi connectivity index (χ2v) is 8.12. The molecule has 0 aliphatic carbocycles. The molecular weight excluding hydrogens is 350 g/mol. The van der Waals surface area contributed by atoms with Crippen molar-refractivity contribution in [2.45, 2.75) is 18.7 Å². The first-order valence-corrected chi connectivity index (χ1v) is 9.89. The first kappa shape index (κ1) is 17.9. The third kappa shape index (κ3) is 3.67. The van der Waals surface area contributed by atoms with Crippen LogP contribution in [0.15, 0.2) is 59.5 Å². The van der Waals surface area contributed by atoms with E-state index in [-0.39, 0.29) is 10.8 Å². The number of para-hydroxylation sites is 2. The minimum absolute atomic E-state index is 0.178. The molecule has 134 valence electrons. The number of hydrogen-bond donors (Lipinski definition) is 1. The van der Waals surface area contributed by atoms with Gasteiger partial charge in [0.25, 0.3) is 5.91 Å². The number of sulfone groups is 1. The number of nitrogens with zero attached hydrogens (tertiary/aromatic N) is 2. The van der Waals surface area contributed by atoms with E-state index in [2.05, 4.69) is 10.4 Å². The van der Waals surface area contributed by atoms with Crippen molar-refractivity contribution >= 4 is 21.4 Å².